The average Bonchev–Trinajstić information content (AvgIpc) is 3.30. The molecule has 1 unspecified atom stereocenters. The van der Waals surface area contributed by atoms with E-state index in [1.807, 2.05) is 30.3 Å². The second-order valence-corrected chi connectivity index (χ2v) is 5.04. The van der Waals surface area contributed by atoms with E-state index in [2.05, 4.69) is 6.58 Å². The van der Waals surface area contributed by atoms with Gasteiger partial charge in [-0.3, -0.25) is 0 Å². The van der Waals surface area contributed by atoms with Gasteiger partial charge in [0, 0.05) is 16.3 Å². The Balaban J connectivity index is 1.93. The predicted octanol–water partition coefficient (Wildman–Crippen LogP) is 3.10. The molecule has 4 heteroatoms. The molecule has 0 amide bonds. The summed E-state index contributed by atoms with van der Waals surface area (Å²) in [6.45, 7) is 6.51. The van der Waals surface area contributed by atoms with Gasteiger partial charge in [-0.05, 0) is 19.1 Å². The first kappa shape index (κ1) is 13.6. The molecule has 3 rings (SSSR count). The summed E-state index contributed by atoms with van der Waals surface area (Å²) in [5.74, 6) is 0.838. The van der Waals surface area contributed by atoms with Crippen LogP contribution in [0, 0.1) is 0 Å². The van der Waals surface area contributed by atoms with Crippen LogP contribution >= 0.6 is 0 Å². The summed E-state index contributed by atoms with van der Waals surface area (Å²) in [5.41, 5.74) is 0.366. The Morgan fingerprint density at radius 2 is 1.86 bits per heavy atom. The molecule has 2 aromatic rings. The third kappa shape index (κ3) is 3.06. The molecule has 0 bridgehead atoms. The van der Waals surface area contributed by atoms with Gasteiger partial charge in [0.2, 0.25) is 0 Å². The third-order valence-electron chi connectivity index (χ3n) is 3.22. The van der Waals surface area contributed by atoms with E-state index in [0.29, 0.717) is 17.9 Å². The summed E-state index contributed by atoms with van der Waals surface area (Å²) in [6, 6.07) is 11.2. The molecule has 1 aliphatic heterocycles. The SMILES string of the molecule is C=C(C)C(=O)Oc1ccc(OCC2CO2)c2ccccc12. The quantitative estimate of drug-likeness (QED) is 0.366. The number of hydrogen-bond acceptors (Lipinski definition) is 4. The molecule has 2 aromatic carbocycles. The van der Waals surface area contributed by atoms with Crippen LogP contribution in [0.1, 0.15) is 6.92 Å². The topological polar surface area (TPSA) is 48.1 Å². The molecule has 0 aliphatic carbocycles. The Bertz CT molecular complexity index is 701. The minimum absolute atomic E-state index is 0.199. The first-order valence-electron chi connectivity index (χ1n) is 6.79. The van der Waals surface area contributed by atoms with Crippen molar-refractivity contribution in [2.45, 2.75) is 13.0 Å². The van der Waals surface area contributed by atoms with Crippen LogP contribution < -0.4 is 9.47 Å². The van der Waals surface area contributed by atoms with Gasteiger partial charge in [-0.2, -0.15) is 0 Å². The fourth-order valence-corrected chi connectivity index (χ4v) is 1.99. The molecule has 0 N–H and O–H groups in total. The highest BCUT2D eigenvalue weighted by atomic mass is 16.6. The molecule has 21 heavy (non-hydrogen) atoms. The van der Waals surface area contributed by atoms with Crippen LogP contribution in [0.3, 0.4) is 0 Å². The van der Waals surface area contributed by atoms with Crippen LogP contribution in [0.15, 0.2) is 48.6 Å². The zero-order chi connectivity index (χ0) is 14.8. The maximum atomic E-state index is 11.7. The van der Waals surface area contributed by atoms with Crippen molar-refractivity contribution in [3.63, 3.8) is 0 Å². The number of epoxide rings is 1. The average molecular weight is 284 g/mol. The Hall–Kier alpha value is -2.33. The van der Waals surface area contributed by atoms with Gasteiger partial charge in [-0.15, -0.1) is 0 Å². The first-order chi connectivity index (χ1) is 10.1. The maximum Gasteiger partial charge on any atom is 0.338 e. The largest absolute Gasteiger partial charge is 0.490 e. The summed E-state index contributed by atoms with van der Waals surface area (Å²) < 4.78 is 16.3. The summed E-state index contributed by atoms with van der Waals surface area (Å²) >= 11 is 0. The van der Waals surface area contributed by atoms with Crippen molar-refractivity contribution in [2.24, 2.45) is 0 Å². The van der Waals surface area contributed by atoms with Crippen LogP contribution in [0.5, 0.6) is 11.5 Å². The number of hydrogen-bond donors (Lipinski definition) is 0. The van der Waals surface area contributed by atoms with Gasteiger partial charge in [0.25, 0.3) is 0 Å². The van der Waals surface area contributed by atoms with Crippen LogP contribution in [0.25, 0.3) is 10.8 Å². The molecular formula is C17H16O4. The molecule has 1 saturated heterocycles. The molecule has 1 fully saturated rings. The Morgan fingerprint density at radius 1 is 1.24 bits per heavy atom. The lowest BCUT2D eigenvalue weighted by Crippen LogP contribution is -2.09. The Labute approximate surface area is 122 Å². The normalized spacial score (nSPS) is 16.5. The maximum absolute atomic E-state index is 11.7. The lowest BCUT2D eigenvalue weighted by Gasteiger charge is -2.12. The van der Waals surface area contributed by atoms with E-state index in [0.717, 1.165) is 23.1 Å². The molecule has 0 spiro atoms. The van der Waals surface area contributed by atoms with Crippen molar-refractivity contribution in [1.82, 2.24) is 0 Å². The van der Waals surface area contributed by atoms with Crippen LogP contribution in [0.2, 0.25) is 0 Å². The smallest absolute Gasteiger partial charge is 0.338 e. The molecule has 1 aliphatic rings. The van der Waals surface area contributed by atoms with Crippen molar-refractivity contribution < 1.29 is 19.0 Å². The number of benzene rings is 2. The van der Waals surface area contributed by atoms with E-state index in [1.165, 1.54) is 0 Å². The van der Waals surface area contributed by atoms with E-state index >= 15 is 0 Å². The molecule has 1 heterocycles. The highest BCUT2D eigenvalue weighted by Crippen LogP contribution is 2.33. The first-order valence-corrected chi connectivity index (χ1v) is 6.79. The summed E-state index contributed by atoms with van der Waals surface area (Å²) in [7, 11) is 0. The number of fused-ring (bicyclic) bond motifs is 1. The van der Waals surface area contributed by atoms with Crippen molar-refractivity contribution in [1.29, 1.82) is 0 Å². The van der Waals surface area contributed by atoms with E-state index in [9.17, 15) is 4.79 Å². The number of carbonyl (C=O) groups excluding carboxylic acids is 1. The number of rotatable bonds is 5. The molecule has 0 radical (unpaired) electrons. The molecule has 108 valence electrons. The van der Waals surface area contributed by atoms with Gasteiger partial charge in [-0.1, -0.05) is 30.8 Å². The number of carbonyl (C=O) groups is 1. The monoisotopic (exact) mass is 284 g/mol. The van der Waals surface area contributed by atoms with Gasteiger partial charge in [-0.25, -0.2) is 4.79 Å². The van der Waals surface area contributed by atoms with Crippen LogP contribution in [-0.4, -0.2) is 25.3 Å². The predicted molar refractivity (Wildman–Crippen MR) is 79.6 cm³/mol. The lowest BCUT2D eigenvalue weighted by atomic mass is 10.1. The Kier molecular flexibility index (Phi) is 3.62. The zero-order valence-corrected chi connectivity index (χ0v) is 11.8. The van der Waals surface area contributed by atoms with E-state index in [-0.39, 0.29) is 6.10 Å². The van der Waals surface area contributed by atoms with Gasteiger partial charge in [0.1, 0.15) is 24.2 Å². The van der Waals surface area contributed by atoms with E-state index < -0.39 is 5.97 Å². The van der Waals surface area contributed by atoms with Crippen molar-refractivity contribution in [2.75, 3.05) is 13.2 Å². The minimum atomic E-state index is -0.430. The molecule has 0 aromatic heterocycles. The summed E-state index contributed by atoms with van der Waals surface area (Å²) in [5, 5.41) is 1.74. The molecule has 0 saturated carbocycles. The standard InChI is InChI=1S/C17H16O4/c1-11(2)17(18)21-16-8-7-15(20-10-12-9-19-12)13-5-3-4-6-14(13)16/h3-8,12H,1,9-10H2,2H3. The van der Waals surface area contributed by atoms with E-state index in [4.69, 9.17) is 14.2 Å². The van der Waals surface area contributed by atoms with Gasteiger partial charge in [0.05, 0.1) is 6.61 Å². The van der Waals surface area contributed by atoms with Crippen LogP contribution in [0.4, 0.5) is 0 Å². The highest BCUT2D eigenvalue weighted by Gasteiger charge is 2.23. The lowest BCUT2D eigenvalue weighted by molar-refractivity contribution is -0.129. The fraction of sp³-hybridized carbons (Fsp3) is 0.235. The fourth-order valence-electron chi connectivity index (χ4n) is 1.99. The molecule has 1 atom stereocenters. The van der Waals surface area contributed by atoms with Gasteiger partial charge >= 0.3 is 5.97 Å². The summed E-state index contributed by atoms with van der Waals surface area (Å²) in [4.78, 5) is 11.7. The van der Waals surface area contributed by atoms with E-state index in [1.54, 1.807) is 13.0 Å². The van der Waals surface area contributed by atoms with Crippen molar-refractivity contribution in [3.05, 3.63) is 48.6 Å². The summed E-state index contributed by atoms with van der Waals surface area (Å²) in [6.07, 6.45) is 0.199. The Morgan fingerprint density at radius 3 is 2.48 bits per heavy atom. The number of esters is 1. The number of ether oxygens (including phenoxy) is 3. The van der Waals surface area contributed by atoms with Gasteiger partial charge in [0.15, 0.2) is 0 Å². The zero-order valence-electron chi connectivity index (χ0n) is 11.8. The highest BCUT2D eigenvalue weighted by molar-refractivity contribution is 5.97. The minimum Gasteiger partial charge on any atom is -0.490 e. The van der Waals surface area contributed by atoms with Crippen LogP contribution in [-0.2, 0) is 9.53 Å². The van der Waals surface area contributed by atoms with Crippen molar-refractivity contribution >= 4 is 16.7 Å². The van der Waals surface area contributed by atoms with Gasteiger partial charge < -0.3 is 14.2 Å². The van der Waals surface area contributed by atoms with Crippen molar-refractivity contribution in [3.8, 4) is 11.5 Å². The molecule has 4 nitrogen and oxygen atoms in total. The third-order valence-corrected chi connectivity index (χ3v) is 3.22. The molecular weight excluding hydrogens is 268 g/mol. The second kappa shape index (κ2) is 5.58. The second-order valence-electron chi connectivity index (χ2n) is 5.04.